The maximum absolute atomic E-state index is 12.3. The van der Waals surface area contributed by atoms with Gasteiger partial charge in [0.2, 0.25) is 11.0 Å². The molecule has 138 valence electrons. The first kappa shape index (κ1) is 17.8. The molecule has 8 heteroatoms. The maximum Gasteiger partial charge on any atom is 0.225 e. The molecule has 0 spiro atoms. The fourth-order valence-corrected chi connectivity index (χ4v) is 4.85. The van der Waals surface area contributed by atoms with Gasteiger partial charge in [0.25, 0.3) is 0 Å². The predicted octanol–water partition coefficient (Wildman–Crippen LogP) is 4.37. The first-order valence-corrected chi connectivity index (χ1v) is 10.5. The minimum absolute atomic E-state index is 0.0152. The molecule has 6 nitrogen and oxygen atoms in total. The molecule has 3 N–H and O–H groups in total. The smallest absolute Gasteiger partial charge is 0.225 e. The van der Waals surface area contributed by atoms with Gasteiger partial charge in [-0.1, -0.05) is 41.3 Å². The van der Waals surface area contributed by atoms with Gasteiger partial charge < -0.3 is 15.6 Å². The molecule has 4 rings (SSSR count). The summed E-state index contributed by atoms with van der Waals surface area (Å²) < 4.78 is 3.08. The molecule has 2 aromatic carbocycles. The van der Waals surface area contributed by atoms with Gasteiger partial charge in [-0.05, 0) is 31.2 Å². The van der Waals surface area contributed by atoms with E-state index in [0.717, 1.165) is 22.0 Å². The molecule has 27 heavy (non-hydrogen) atoms. The van der Waals surface area contributed by atoms with Crippen LogP contribution in [0, 0.1) is 0 Å². The first-order chi connectivity index (χ1) is 13.2. The number of fused-ring (bicyclic) bond motifs is 3. The van der Waals surface area contributed by atoms with Crippen LogP contribution in [0.3, 0.4) is 0 Å². The Bertz CT molecular complexity index is 1120. The molecule has 2 aromatic heterocycles. The molecule has 0 aliphatic carbocycles. The quantitative estimate of drug-likeness (QED) is 0.472. The van der Waals surface area contributed by atoms with E-state index < -0.39 is 0 Å². The number of nitrogen functional groups attached to an aromatic ring is 1. The van der Waals surface area contributed by atoms with Gasteiger partial charge in [-0.3, -0.25) is 4.79 Å². The SMILES string of the molecule is CCn1c2ccccc2c2cc(NC(=O)CCSc3nnc(N)s3)ccc21. The Morgan fingerprint density at radius 3 is 2.78 bits per heavy atom. The summed E-state index contributed by atoms with van der Waals surface area (Å²) in [7, 11) is 0. The highest BCUT2D eigenvalue weighted by molar-refractivity contribution is 8.01. The van der Waals surface area contributed by atoms with Crippen LogP contribution in [0.5, 0.6) is 0 Å². The van der Waals surface area contributed by atoms with E-state index in [1.807, 2.05) is 12.1 Å². The molecular weight excluding hydrogens is 378 g/mol. The number of amides is 1. The standard InChI is InChI=1S/C19H19N5OS2/c1-2-24-15-6-4-3-5-13(15)14-11-12(7-8-16(14)24)21-17(25)9-10-26-19-23-22-18(20)27-19/h3-8,11H,2,9-10H2,1H3,(H2,20,22)(H,21,25). The summed E-state index contributed by atoms with van der Waals surface area (Å²) in [6.45, 7) is 3.05. The highest BCUT2D eigenvalue weighted by Crippen LogP contribution is 2.31. The number of nitrogens with one attached hydrogen (secondary N) is 1. The van der Waals surface area contributed by atoms with Crippen molar-refractivity contribution in [2.45, 2.75) is 24.2 Å². The zero-order chi connectivity index (χ0) is 18.8. The van der Waals surface area contributed by atoms with E-state index in [2.05, 4.69) is 57.3 Å². The lowest BCUT2D eigenvalue weighted by molar-refractivity contribution is -0.115. The van der Waals surface area contributed by atoms with Crippen molar-refractivity contribution < 1.29 is 4.79 Å². The summed E-state index contributed by atoms with van der Waals surface area (Å²) in [5.41, 5.74) is 8.77. The second-order valence-corrected chi connectivity index (χ2v) is 8.40. The number of aryl methyl sites for hydroxylation is 1. The third-order valence-electron chi connectivity index (χ3n) is 4.35. The third-order valence-corrected chi connectivity index (χ3v) is 6.24. The number of anilines is 2. The van der Waals surface area contributed by atoms with E-state index in [1.54, 1.807) is 0 Å². The van der Waals surface area contributed by atoms with E-state index in [4.69, 9.17) is 5.73 Å². The summed E-state index contributed by atoms with van der Waals surface area (Å²) >= 11 is 2.83. The van der Waals surface area contributed by atoms with Gasteiger partial charge in [-0.2, -0.15) is 0 Å². The Hall–Kier alpha value is -2.58. The number of carbonyl (C=O) groups excluding carboxylic acids is 1. The molecule has 4 aromatic rings. The van der Waals surface area contributed by atoms with Crippen molar-refractivity contribution in [3.8, 4) is 0 Å². The molecular formula is C19H19N5OS2. The molecule has 0 saturated heterocycles. The Balaban J connectivity index is 1.49. The van der Waals surface area contributed by atoms with Crippen LogP contribution in [-0.4, -0.2) is 26.4 Å². The van der Waals surface area contributed by atoms with Crippen LogP contribution >= 0.6 is 23.1 Å². The van der Waals surface area contributed by atoms with Crippen LogP contribution in [0.25, 0.3) is 21.8 Å². The number of nitrogens with two attached hydrogens (primary N) is 1. The van der Waals surface area contributed by atoms with E-state index in [1.165, 1.54) is 39.5 Å². The topological polar surface area (TPSA) is 85.8 Å². The highest BCUT2D eigenvalue weighted by atomic mass is 32.2. The molecule has 0 atom stereocenters. The number of rotatable bonds is 6. The van der Waals surface area contributed by atoms with Crippen LogP contribution in [0.15, 0.2) is 46.8 Å². The van der Waals surface area contributed by atoms with E-state index in [-0.39, 0.29) is 5.91 Å². The van der Waals surface area contributed by atoms with Crippen LogP contribution in [-0.2, 0) is 11.3 Å². The molecule has 0 fully saturated rings. The molecule has 0 saturated carbocycles. The molecule has 0 unspecified atom stereocenters. The minimum Gasteiger partial charge on any atom is -0.374 e. The zero-order valence-corrected chi connectivity index (χ0v) is 16.4. The molecule has 2 heterocycles. The molecule has 0 bridgehead atoms. The van der Waals surface area contributed by atoms with Gasteiger partial charge in [0.15, 0.2) is 4.34 Å². The maximum atomic E-state index is 12.3. The van der Waals surface area contributed by atoms with E-state index in [9.17, 15) is 4.79 Å². The zero-order valence-electron chi connectivity index (χ0n) is 14.8. The summed E-state index contributed by atoms with van der Waals surface area (Å²) in [6.07, 6.45) is 0.402. The van der Waals surface area contributed by atoms with Crippen molar-refractivity contribution in [1.82, 2.24) is 14.8 Å². The average Bonchev–Trinajstić information content (AvgIpc) is 3.22. The Morgan fingerprint density at radius 2 is 2.00 bits per heavy atom. The summed E-state index contributed by atoms with van der Waals surface area (Å²) in [5, 5.41) is 13.5. The van der Waals surface area contributed by atoms with Crippen molar-refractivity contribution in [3.63, 3.8) is 0 Å². The lowest BCUT2D eigenvalue weighted by atomic mass is 10.1. The van der Waals surface area contributed by atoms with Crippen molar-refractivity contribution >= 4 is 61.6 Å². The molecule has 0 aliphatic heterocycles. The predicted molar refractivity (Wildman–Crippen MR) is 113 cm³/mol. The number of nitrogens with zero attached hydrogens (tertiary/aromatic N) is 3. The monoisotopic (exact) mass is 397 g/mol. The number of benzene rings is 2. The number of hydrogen-bond donors (Lipinski definition) is 2. The fourth-order valence-electron chi connectivity index (χ4n) is 3.21. The van der Waals surface area contributed by atoms with Crippen molar-refractivity contribution in [3.05, 3.63) is 42.5 Å². The van der Waals surface area contributed by atoms with E-state index in [0.29, 0.717) is 17.3 Å². The first-order valence-electron chi connectivity index (χ1n) is 8.68. The summed E-state index contributed by atoms with van der Waals surface area (Å²) in [5.74, 6) is 0.622. The van der Waals surface area contributed by atoms with Gasteiger partial charge in [0.1, 0.15) is 0 Å². The molecule has 0 radical (unpaired) electrons. The second-order valence-electron chi connectivity index (χ2n) is 6.05. The van der Waals surface area contributed by atoms with Crippen LogP contribution < -0.4 is 11.1 Å². The Labute approximate surface area is 164 Å². The number of thioether (sulfide) groups is 1. The van der Waals surface area contributed by atoms with Crippen LogP contribution in [0.4, 0.5) is 10.8 Å². The van der Waals surface area contributed by atoms with Crippen molar-refractivity contribution in [2.75, 3.05) is 16.8 Å². The number of para-hydroxylation sites is 1. The van der Waals surface area contributed by atoms with Crippen molar-refractivity contribution in [2.24, 2.45) is 0 Å². The second kappa shape index (κ2) is 7.58. The minimum atomic E-state index is -0.0152. The Morgan fingerprint density at radius 1 is 1.19 bits per heavy atom. The van der Waals surface area contributed by atoms with Gasteiger partial charge in [0, 0.05) is 46.2 Å². The fraction of sp³-hybridized carbons (Fsp3) is 0.211. The number of hydrogen-bond acceptors (Lipinski definition) is 6. The largest absolute Gasteiger partial charge is 0.374 e. The third kappa shape index (κ3) is 3.63. The van der Waals surface area contributed by atoms with Gasteiger partial charge in [-0.25, -0.2) is 0 Å². The normalized spacial score (nSPS) is 11.3. The van der Waals surface area contributed by atoms with Crippen LogP contribution in [0.2, 0.25) is 0 Å². The summed E-state index contributed by atoms with van der Waals surface area (Å²) in [6, 6.07) is 14.5. The molecule has 1 amide bonds. The van der Waals surface area contributed by atoms with Gasteiger partial charge in [0.05, 0.1) is 0 Å². The van der Waals surface area contributed by atoms with Crippen molar-refractivity contribution in [1.29, 1.82) is 0 Å². The van der Waals surface area contributed by atoms with E-state index >= 15 is 0 Å². The summed E-state index contributed by atoms with van der Waals surface area (Å²) in [4.78, 5) is 12.3. The van der Waals surface area contributed by atoms with Gasteiger partial charge >= 0.3 is 0 Å². The lowest BCUT2D eigenvalue weighted by Crippen LogP contribution is -2.12. The number of aromatic nitrogens is 3. The number of carbonyl (C=O) groups is 1. The van der Waals surface area contributed by atoms with Gasteiger partial charge in [-0.15, -0.1) is 10.2 Å². The lowest BCUT2D eigenvalue weighted by Gasteiger charge is -2.06. The average molecular weight is 398 g/mol. The molecule has 0 aliphatic rings. The Kier molecular flexibility index (Phi) is 5.00. The highest BCUT2D eigenvalue weighted by Gasteiger charge is 2.11. The van der Waals surface area contributed by atoms with Crippen LogP contribution in [0.1, 0.15) is 13.3 Å².